The van der Waals surface area contributed by atoms with Crippen LogP contribution in [0.15, 0.2) is 52.1 Å². The largest absolute Gasteiger partial charge is 0.573 e. The van der Waals surface area contributed by atoms with Crippen molar-refractivity contribution in [1.29, 1.82) is 5.26 Å². The molecular weight excluding hydrogens is 460 g/mol. The van der Waals surface area contributed by atoms with E-state index in [2.05, 4.69) is 4.74 Å². The van der Waals surface area contributed by atoms with Crippen LogP contribution in [0.25, 0.3) is 5.69 Å². The van der Waals surface area contributed by atoms with Crippen molar-refractivity contribution < 1.29 is 35.8 Å². The van der Waals surface area contributed by atoms with E-state index < -0.39 is 46.5 Å². The molecule has 0 saturated carbocycles. The number of aromatic nitrogens is 2. The predicted octanol–water partition coefficient (Wildman–Crippen LogP) is 4.42. The summed E-state index contributed by atoms with van der Waals surface area (Å²) in [5.74, 6) is -1.36. The lowest BCUT2D eigenvalue weighted by molar-refractivity contribution is -0.274. The average molecular weight is 471 g/mol. The van der Waals surface area contributed by atoms with Gasteiger partial charge in [0, 0.05) is 18.2 Å². The fraction of sp³-hybridized carbons (Fsp3) is 0.150. The molecule has 2 aromatic carbocycles. The second kappa shape index (κ2) is 8.38. The van der Waals surface area contributed by atoms with Crippen molar-refractivity contribution in [3.05, 3.63) is 80.1 Å². The summed E-state index contributed by atoms with van der Waals surface area (Å²) >= 11 is 0. The summed E-state index contributed by atoms with van der Waals surface area (Å²) in [6, 6.07) is 9.23. The summed E-state index contributed by atoms with van der Waals surface area (Å²) in [6.45, 7) is 1.63. The number of para-hydroxylation sites is 1. The van der Waals surface area contributed by atoms with E-state index in [1.165, 1.54) is 11.1 Å². The first-order valence-electron chi connectivity index (χ1n) is 8.81. The second-order valence-electron chi connectivity index (χ2n) is 6.50. The highest BCUT2D eigenvalue weighted by Gasteiger charge is 2.35. The van der Waals surface area contributed by atoms with Gasteiger partial charge in [0.15, 0.2) is 5.75 Å². The van der Waals surface area contributed by atoms with Crippen LogP contribution >= 0.6 is 0 Å². The van der Waals surface area contributed by atoms with Gasteiger partial charge in [-0.25, -0.2) is 9.36 Å². The zero-order chi connectivity index (χ0) is 24.6. The number of hydrogen-bond acceptors (Lipinski definition) is 5. The van der Waals surface area contributed by atoms with Crippen LogP contribution in [0.2, 0.25) is 0 Å². The lowest BCUT2D eigenvalue weighted by atomic mass is 10.1. The molecule has 0 bridgehead atoms. The molecule has 1 heterocycles. The van der Waals surface area contributed by atoms with Crippen molar-refractivity contribution in [2.75, 3.05) is 0 Å². The number of alkyl halides is 6. The highest BCUT2D eigenvalue weighted by atomic mass is 19.4. The Labute approximate surface area is 180 Å². The van der Waals surface area contributed by atoms with E-state index in [0.717, 1.165) is 6.07 Å². The van der Waals surface area contributed by atoms with Crippen LogP contribution in [0, 0.1) is 18.3 Å². The van der Waals surface area contributed by atoms with Gasteiger partial charge in [-0.3, -0.25) is 4.79 Å². The fourth-order valence-electron chi connectivity index (χ4n) is 2.77. The Morgan fingerprint density at radius 2 is 1.64 bits per heavy atom. The van der Waals surface area contributed by atoms with Crippen molar-refractivity contribution in [2.24, 2.45) is 0 Å². The van der Waals surface area contributed by atoms with E-state index in [9.17, 15) is 41.2 Å². The summed E-state index contributed by atoms with van der Waals surface area (Å²) in [5.41, 5.74) is -5.76. The Morgan fingerprint density at radius 3 is 2.18 bits per heavy atom. The summed E-state index contributed by atoms with van der Waals surface area (Å²) in [5, 5.41) is 9.36. The van der Waals surface area contributed by atoms with E-state index in [1.54, 1.807) is 31.2 Å². The Hall–Kier alpha value is -4.21. The Kier molecular flexibility index (Phi) is 5.95. The summed E-state index contributed by atoms with van der Waals surface area (Å²) in [4.78, 5) is 26.0. The minimum atomic E-state index is -5.32. The van der Waals surface area contributed by atoms with Crippen molar-refractivity contribution in [3.63, 3.8) is 0 Å². The van der Waals surface area contributed by atoms with Gasteiger partial charge in [-0.05, 0) is 18.6 Å². The SMILES string of the molecule is Cc1ccccc1Oc1cc(-n2c(=O)cc(C(F)(F)F)[nH]c2=O)c(OC(F)(F)F)cc1C#N. The maximum atomic E-state index is 12.9. The van der Waals surface area contributed by atoms with Crippen LogP contribution in [-0.4, -0.2) is 15.9 Å². The fourth-order valence-corrected chi connectivity index (χ4v) is 2.77. The molecule has 0 spiro atoms. The van der Waals surface area contributed by atoms with E-state index in [0.29, 0.717) is 11.6 Å². The number of rotatable bonds is 4. The molecule has 13 heteroatoms. The second-order valence-corrected chi connectivity index (χ2v) is 6.50. The van der Waals surface area contributed by atoms with Crippen LogP contribution in [-0.2, 0) is 6.18 Å². The maximum Gasteiger partial charge on any atom is 0.573 e. The zero-order valence-electron chi connectivity index (χ0n) is 16.3. The lowest BCUT2D eigenvalue weighted by Crippen LogP contribution is -2.36. The zero-order valence-corrected chi connectivity index (χ0v) is 16.3. The number of benzene rings is 2. The number of nitrogens with one attached hydrogen (secondary N) is 1. The summed E-state index contributed by atoms with van der Waals surface area (Å²) < 4.78 is 86.8. The third-order valence-electron chi connectivity index (χ3n) is 4.20. The van der Waals surface area contributed by atoms with Crippen molar-refractivity contribution in [2.45, 2.75) is 19.5 Å². The normalized spacial score (nSPS) is 11.7. The molecule has 1 N–H and O–H groups in total. The minimum absolute atomic E-state index is 0.00114. The first kappa shape index (κ1) is 23.5. The number of hydrogen-bond donors (Lipinski definition) is 1. The topological polar surface area (TPSA) is 97.1 Å². The van der Waals surface area contributed by atoms with Crippen LogP contribution < -0.4 is 20.7 Å². The van der Waals surface area contributed by atoms with Crippen LogP contribution in [0.5, 0.6) is 17.2 Å². The van der Waals surface area contributed by atoms with E-state index in [-0.39, 0.29) is 22.1 Å². The van der Waals surface area contributed by atoms with Crippen molar-refractivity contribution in [1.82, 2.24) is 9.55 Å². The molecule has 1 aromatic heterocycles. The minimum Gasteiger partial charge on any atom is -0.456 e. The first-order valence-corrected chi connectivity index (χ1v) is 8.81. The molecule has 0 aliphatic carbocycles. The molecule has 0 saturated heterocycles. The monoisotopic (exact) mass is 471 g/mol. The van der Waals surface area contributed by atoms with Gasteiger partial charge in [-0.1, -0.05) is 18.2 Å². The van der Waals surface area contributed by atoms with Crippen LogP contribution in [0.1, 0.15) is 16.8 Å². The number of H-pyrrole nitrogens is 1. The Balaban J connectivity index is 2.29. The smallest absolute Gasteiger partial charge is 0.456 e. The molecule has 0 unspecified atom stereocenters. The van der Waals surface area contributed by atoms with Gasteiger partial charge < -0.3 is 14.5 Å². The van der Waals surface area contributed by atoms with Gasteiger partial charge in [0.1, 0.15) is 28.9 Å². The van der Waals surface area contributed by atoms with Crippen LogP contribution in [0.3, 0.4) is 0 Å². The van der Waals surface area contributed by atoms with Crippen molar-refractivity contribution in [3.8, 4) is 29.0 Å². The van der Waals surface area contributed by atoms with Gasteiger partial charge in [-0.2, -0.15) is 18.4 Å². The molecule has 0 fully saturated rings. The predicted molar refractivity (Wildman–Crippen MR) is 100 cm³/mol. The number of nitrogens with zero attached hydrogens (tertiary/aromatic N) is 2. The molecule has 0 radical (unpaired) electrons. The number of aryl methyl sites for hydroxylation is 1. The van der Waals surface area contributed by atoms with Crippen LogP contribution in [0.4, 0.5) is 26.3 Å². The van der Waals surface area contributed by atoms with Gasteiger partial charge >= 0.3 is 18.2 Å². The number of nitriles is 1. The molecule has 0 atom stereocenters. The number of aromatic amines is 1. The molecule has 3 aromatic rings. The van der Waals surface area contributed by atoms with E-state index in [4.69, 9.17) is 4.74 Å². The molecule has 7 nitrogen and oxygen atoms in total. The van der Waals surface area contributed by atoms with Gasteiger partial charge in [0.25, 0.3) is 5.56 Å². The van der Waals surface area contributed by atoms with Gasteiger partial charge in [0.2, 0.25) is 0 Å². The van der Waals surface area contributed by atoms with E-state index in [1.807, 2.05) is 0 Å². The molecule has 172 valence electrons. The van der Waals surface area contributed by atoms with Crippen molar-refractivity contribution >= 4 is 0 Å². The molecule has 0 amide bonds. The van der Waals surface area contributed by atoms with Gasteiger partial charge in [-0.15, -0.1) is 13.2 Å². The molecule has 0 aliphatic rings. The number of halogens is 6. The molecule has 0 aliphatic heterocycles. The maximum absolute atomic E-state index is 12.9. The lowest BCUT2D eigenvalue weighted by Gasteiger charge is -2.17. The summed E-state index contributed by atoms with van der Waals surface area (Å²) in [7, 11) is 0. The summed E-state index contributed by atoms with van der Waals surface area (Å²) in [6.07, 6.45) is -10.4. The Bertz CT molecular complexity index is 1340. The number of ether oxygens (including phenoxy) is 2. The highest BCUT2D eigenvalue weighted by molar-refractivity contribution is 5.60. The third-order valence-corrected chi connectivity index (χ3v) is 4.20. The first-order chi connectivity index (χ1) is 15.3. The molecular formula is C20H11F6N3O4. The molecule has 3 rings (SSSR count). The Morgan fingerprint density at radius 1 is 0.970 bits per heavy atom. The molecule has 33 heavy (non-hydrogen) atoms. The standard InChI is InChI=1S/C20H11F6N3O4/c1-10-4-2-3-5-13(10)32-14-7-12(15(6-11(14)9-27)33-20(24,25)26)29-17(30)8-16(19(21,22)23)28-18(29)31/h2-8H,1H3,(H,28,31). The van der Waals surface area contributed by atoms with Gasteiger partial charge in [0.05, 0.1) is 5.56 Å². The third kappa shape index (κ3) is 5.17. The van der Waals surface area contributed by atoms with E-state index >= 15 is 0 Å². The highest BCUT2D eigenvalue weighted by Crippen LogP contribution is 2.36. The quantitative estimate of drug-likeness (QED) is 0.569. The average Bonchev–Trinajstić information content (AvgIpc) is 2.69.